The molecule has 2 N–H and O–H groups in total. The Balaban J connectivity index is 1.42. The summed E-state index contributed by atoms with van der Waals surface area (Å²) in [4.78, 5) is 38.9. The third-order valence-corrected chi connectivity index (χ3v) is 6.86. The molecular weight excluding hydrogens is 420 g/mol. The predicted octanol–water partition coefficient (Wildman–Crippen LogP) is 4.02. The van der Waals surface area contributed by atoms with Gasteiger partial charge in [-0.05, 0) is 55.9 Å². The molecule has 1 saturated heterocycles. The van der Waals surface area contributed by atoms with Gasteiger partial charge in [-0.15, -0.1) is 0 Å². The van der Waals surface area contributed by atoms with Crippen LogP contribution < -0.4 is 5.32 Å². The van der Waals surface area contributed by atoms with Gasteiger partial charge in [0.2, 0.25) is 5.91 Å². The molecule has 174 valence electrons. The van der Waals surface area contributed by atoms with Gasteiger partial charge >= 0.3 is 12.1 Å². The first-order valence-electron chi connectivity index (χ1n) is 11.4. The van der Waals surface area contributed by atoms with Crippen molar-refractivity contribution in [3.05, 3.63) is 59.7 Å². The number of alkyl carbamates (subject to hydrolysis) is 1. The summed E-state index contributed by atoms with van der Waals surface area (Å²) in [6.45, 7) is 5.62. The number of amides is 2. The van der Waals surface area contributed by atoms with Crippen LogP contribution in [-0.2, 0) is 14.3 Å². The van der Waals surface area contributed by atoms with Crippen LogP contribution >= 0.6 is 0 Å². The number of hydrogen-bond acceptors (Lipinski definition) is 4. The number of rotatable bonds is 5. The number of benzene rings is 2. The largest absolute Gasteiger partial charge is 0.481 e. The second-order valence-corrected chi connectivity index (χ2v) is 9.40. The number of fused-ring (bicyclic) bond motifs is 3. The van der Waals surface area contributed by atoms with Crippen LogP contribution in [-0.4, -0.2) is 52.7 Å². The summed E-state index contributed by atoms with van der Waals surface area (Å²) in [7, 11) is 0. The highest BCUT2D eigenvalue weighted by atomic mass is 16.5. The summed E-state index contributed by atoms with van der Waals surface area (Å²) in [5.74, 6) is -1.88. The van der Waals surface area contributed by atoms with Gasteiger partial charge in [0.15, 0.2) is 0 Å². The molecule has 2 aromatic rings. The highest BCUT2D eigenvalue weighted by molar-refractivity contribution is 5.90. The summed E-state index contributed by atoms with van der Waals surface area (Å²) >= 11 is 0. The minimum atomic E-state index is -1.22. The second-order valence-electron chi connectivity index (χ2n) is 9.40. The molecule has 4 rings (SSSR count). The third-order valence-electron chi connectivity index (χ3n) is 6.86. The Kier molecular flexibility index (Phi) is 6.15. The molecule has 1 aliphatic carbocycles. The van der Waals surface area contributed by atoms with Crippen molar-refractivity contribution < 1.29 is 24.2 Å². The van der Waals surface area contributed by atoms with Crippen molar-refractivity contribution in [2.24, 2.45) is 5.92 Å². The number of nitrogens with one attached hydrogen (secondary N) is 1. The molecule has 2 aliphatic rings. The molecule has 0 saturated carbocycles. The first kappa shape index (κ1) is 22.8. The van der Waals surface area contributed by atoms with Gasteiger partial charge in [0, 0.05) is 18.5 Å². The SMILES string of the molecule is C[C@@H]1[C@H](C(=O)O)CCCN1C(=O)C(C)(C)NC(=O)OCC1c2ccccc2-c2ccccc21. The summed E-state index contributed by atoms with van der Waals surface area (Å²) in [6, 6.07) is 15.7. The number of likely N-dealkylation sites (tertiary alicyclic amines) is 1. The topological polar surface area (TPSA) is 95.9 Å². The number of carbonyl (C=O) groups excluding carboxylic acids is 2. The van der Waals surface area contributed by atoms with Crippen LogP contribution in [0.4, 0.5) is 4.79 Å². The molecule has 2 amide bonds. The number of nitrogens with zero attached hydrogens (tertiary/aromatic N) is 1. The number of carbonyl (C=O) groups is 3. The van der Waals surface area contributed by atoms with E-state index in [9.17, 15) is 19.5 Å². The molecule has 33 heavy (non-hydrogen) atoms. The van der Waals surface area contributed by atoms with Crippen molar-refractivity contribution in [3.8, 4) is 11.1 Å². The molecule has 1 fully saturated rings. The summed E-state index contributed by atoms with van der Waals surface area (Å²) < 4.78 is 5.58. The molecule has 1 aliphatic heterocycles. The van der Waals surface area contributed by atoms with E-state index in [0.717, 1.165) is 22.3 Å². The van der Waals surface area contributed by atoms with Crippen LogP contribution in [0.1, 0.15) is 50.7 Å². The lowest BCUT2D eigenvalue weighted by atomic mass is 9.88. The van der Waals surface area contributed by atoms with Gasteiger partial charge in [-0.3, -0.25) is 9.59 Å². The van der Waals surface area contributed by atoms with E-state index in [4.69, 9.17) is 4.74 Å². The van der Waals surface area contributed by atoms with Gasteiger partial charge < -0.3 is 20.1 Å². The van der Waals surface area contributed by atoms with Crippen LogP contribution in [0.3, 0.4) is 0 Å². The normalized spacial score (nSPS) is 20.0. The highest BCUT2D eigenvalue weighted by Gasteiger charge is 2.41. The fourth-order valence-corrected chi connectivity index (χ4v) is 5.06. The fraction of sp³-hybridized carbons (Fsp3) is 0.423. The second kappa shape index (κ2) is 8.89. The maximum atomic E-state index is 13.2. The van der Waals surface area contributed by atoms with Gasteiger partial charge in [0.05, 0.1) is 5.92 Å². The summed E-state index contributed by atoms with van der Waals surface area (Å²) in [5, 5.41) is 12.1. The van der Waals surface area contributed by atoms with Gasteiger partial charge in [-0.2, -0.15) is 0 Å². The van der Waals surface area contributed by atoms with E-state index in [1.165, 1.54) is 0 Å². The third kappa shape index (κ3) is 4.32. The zero-order valence-corrected chi connectivity index (χ0v) is 19.2. The Labute approximate surface area is 193 Å². The Morgan fingerprint density at radius 2 is 1.64 bits per heavy atom. The smallest absolute Gasteiger partial charge is 0.408 e. The molecule has 2 atom stereocenters. The minimum absolute atomic E-state index is 0.0691. The first-order valence-corrected chi connectivity index (χ1v) is 11.4. The molecule has 0 aromatic heterocycles. The van der Waals surface area contributed by atoms with Crippen molar-refractivity contribution >= 4 is 18.0 Å². The summed E-state index contributed by atoms with van der Waals surface area (Å²) in [5.41, 5.74) is 3.29. The number of carboxylic acid groups (broad SMARTS) is 1. The summed E-state index contributed by atoms with van der Waals surface area (Å²) in [6.07, 6.45) is 0.490. The van der Waals surface area contributed by atoms with Crippen LogP contribution in [0.15, 0.2) is 48.5 Å². The Hall–Kier alpha value is -3.35. The number of piperidine rings is 1. The molecule has 0 unspecified atom stereocenters. The molecule has 0 radical (unpaired) electrons. The van der Waals surface area contributed by atoms with E-state index in [2.05, 4.69) is 17.4 Å². The quantitative estimate of drug-likeness (QED) is 0.717. The lowest BCUT2D eigenvalue weighted by molar-refractivity contribution is -0.151. The molecule has 0 bridgehead atoms. The maximum absolute atomic E-state index is 13.2. The molecular formula is C26H30N2O5. The molecule has 0 spiro atoms. The van der Waals surface area contributed by atoms with Gasteiger partial charge in [0.1, 0.15) is 12.1 Å². The average molecular weight is 451 g/mol. The Morgan fingerprint density at radius 3 is 2.21 bits per heavy atom. The van der Waals surface area contributed by atoms with Crippen molar-refractivity contribution in [1.82, 2.24) is 10.2 Å². The lowest BCUT2D eigenvalue weighted by Gasteiger charge is -2.41. The average Bonchev–Trinajstić information content (AvgIpc) is 3.10. The number of aliphatic carboxylic acids is 1. The van der Waals surface area contributed by atoms with Crippen molar-refractivity contribution in [3.63, 3.8) is 0 Å². The minimum Gasteiger partial charge on any atom is -0.481 e. The van der Waals surface area contributed by atoms with E-state index in [0.29, 0.717) is 19.4 Å². The van der Waals surface area contributed by atoms with Crippen LogP contribution in [0, 0.1) is 5.92 Å². The van der Waals surface area contributed by atoms with Crippen molar-refractivity contribution in [2.45, 2.75) is 51.1 Å². The number of ether oxygens (including phenoxy) is 1. The van der Waals surface area contributed by atoms with Crippen LogP contribution in [0.5, 0.6) is 0 Å². The predicted molar refractivity (Wildman–Crippen MR) is 124 cm³/mol. The molecule has 1 heterocycles. The lowest BCUT2D eigenvalue weighted by Crippen LogP contribution is -2.60. The zero-order chi connectivity index (χ0) is 23.8. The Bertz CT molecular complexity index is 1030. The molecule has 7 heteroatoms. The van der Waals surface area contributed by atoms with Crippen molar-refractivity contribution in [1.29, 1.82) is 0 Å². The van der Waals surface area contributed by atoms with E-state index in [1.807, 2.05) is 36.4 Å². The molecule has 7 nitrogen and oxygen atoms in total. The van der Waals surface area contributed by atoms with Gasteiger partial charge in [-0.25, -0.2) is 4.79 Å². The van der Waals surface area contributed by atoms with Crippen molar-refractivity contribution in [2.75, 3.05) is 13.2 Å². The van der Waals surface area contributed by atoms with Crippen LogP contribution in [0.25, 0.3) is 11.1 Å². The number of hydrogen-bond donors (Lipinski definition) is 2. The van der Waals surface area contributed by atoms with E-state index in [-0.39, 0.29) is 18.4 Å². The van der Waals surface area contributed by atoms with Crippen LogP contribution in [0.2, 0.25) is 0 Å². The standard InChI is InChI=1S/C26H30N2O5/c1-16-17(23(29)30)13-8-14-28(16)24(31)26(2,3)27-25(32)33-15-22-20-11-6-4-9-18(20)19-10-5-7-12-21(19)22/h4-7,9-12,16-17,22H,8,13-15H2,1-3H3,(H,27,32)(H,29,30)/t16-,17-/m1/s1. The maximum Gasteiger partial charge on any atom is 0.408 e. The fourth-order valence-electron chi connectivity index (χ4n) is 5.06. The Morgan fingerprint density at radius 1 is 1.06 bits per heavy atom. The van der Waals surface area contributed by atoms with E-state index < -0.39 is 29.6 Å². The molecule has 2 aromatic carbocycles. The number of carboxylic acids is 1. The van der Waals surface area contributed by atoms with Gasteiger partial charge in [-0.1, -0.05) is 48.5 Å². The van der Waals surface area contributed by atoms with E-state index in [1.54, 1.807) is 25.7 Å². The van der Waals surface area contributed by atoms with Gasteiger partial charge in [0.25, 0.3) is 0 Å². The monoisotopic (exact) mass is 450 g/mol. The first-order chi connectivity index (χ1) is 15.7. The van der Waals surface area contributed by atoms with E-state index >= 15 is 0 Å². The highest BCUT2D eigenvalue weighted by Crippen LogP contribution is 2.44. The zero-order valence-electron chi connectivity index (χ0n) is 19.2.